The number of rotatable bonds is 5. The van der Waals surface area contributed by atoms with Crippen molar-refractivity contribution in [1.82, 2.24) is 4.90 Å². The molecule has 0 bridgehead atoms. The van der Waals surface area contributed by atoms with Crippen molar-refractivity contribution < 1.29 is 9.59 Å². The fourth-order valence-electron chi connectivity index (χ4n) is 2.36. The van der Waals surface area contributed by atoms with Gasteiger partial charge in [-0.25, -0.2) is 0 Å². The van der Waals surface area contributed by atoms with Crippen LogP contribution in [0.1, 0.15) is 24.8 Å². The molecule has 1 heterocycles. The summed E-state index contributed by atoms with van der Waals surface area (Å²) < 4.78 is 0. The highest BCUT2D eigenvalue weighted by Crippen LogP contribution is 2.20. The Bertz CT molecular complexity index is 437. The first-order valence-electron chi connectivity index (χ1n) is 6.22. The monoisotopic (exact) mass is 243 g/mol. The van der Waals surface area contributed by atoms with Crippen LogP contribution in [-0.4, -0.2) is 22.8 Å². The highest BCUT2D eigenvalue weighted by atomic mass is 16.2. The zero-order chi connectivity index (χ0) is 13.0. The Balaban J connectivity index is 2.15. The Morgan fingerprint density at radius 3 is 2.33 bits per heavy atom. The summed E-state index contributed by atoms with van der Waals surface area (Å²) in [5, 5.41) is 0. The van der Waals surface area contributed by atoms with E-state index in [0.29, 0.717) is 25.7 Å². The first-order valence-corrected chi connectivity index (χ1v) is 6.22. The summed E-state index contributed by atoms with van der Waals surface area (Å²) in [6.45, 7) is 3.71. The number of hydrogen-bond donors (Lipinski definition) is 0. The molecule has 0 radical (unpaired) electrons. The normalized spacial score (nSPS) is 17.0. The van der Waals surface area contributed by atoms with E-state index in [9.17, 15) is 9.59 Å². The minimum Gasteiger partial charge on any atom is -0.279 e. The molecule has 2 rings (SSSR count). The van der Waals surface area contributed by atoms with E-state index >= 15 is 0 Å². The molecule has 2 amide bonds. The smallest absolute Gasteiger partial charge is 0.229 e. The second kappa shape index (κ2) is 5.63. The van der Waals surface area contributed by atoms with Crippen molar-refractivity contribution in [3.8, 4) is 0 Å². The van der Waals surface area contributed by atoms with Gasteiger partial charge in [-0.15, -0.1) is 6.58 Å². The fraction of sp³-hybridized carbons (Fsp3) is 0.333. The van der Waals surface area contributed by atoms with Gasteiger partial charge in [0.1, 0.15) is 0 Å². The first kappa shape index (κ1) is 12.6. The van der Waals surface area contributed by atoms with Crippen LogP contribution >= 0.6 is 0 Å². The van der Waals surface area contributed by atoms with Crippen molar-refractivity contribution in [2.45, 2.75) is 31.7 Å². The Morgan fingerprint density at radius 1 is 1.17 bits per heavy atom. The van der Waals surface area contributed by atoms with Gasteiger partial charge in [-0.1, -0.05) is 36.4 Å². The van der Waals surface area contributed by atoms with Gasteiger partial charge in [0, 0.05) is 18.9 Å². The van der Waals surface area contributed by atoms with Crippen LogP contribution in [0.3, 0.4) is 0 Å². The molecule has 1 fully saturated rings. The highest BCUT2D eigenvalue weighted by molar-refractivity contribution is 6.02. The summed E-state index contributed by atoms with van der Waals surface area (Å²) in [4.78, 5) is 24.9. The van der Waals surface area contributed by atoms with Gasteiger partial charge in [0.15, 0.2) is 0 Å². The number of imide groups is 1. The zero-order valence-corrected chi connectivity index (χ0v) is 10.3. The summed E-state index contributed by atoms with van der Waals surface area (Å²) in [5.41, 5.74) is 1.14. The molecule has 1 aliphatic rings. The second-order valence-electron chi connectivity index (χ2n) is 4.53. The van der Waals surface area contributed by atoms with Crippen molar-refractivity contribution in [3.05, 3.63) is 48.6 Å². The molecule has 0 spiro atoms. The van der Waals surface area contributed by atoms with Gasteiger partial charge in [0.25, 0.3) is 0 Å². The summed E-state index contributed by atoms with van der Waals surface area (Å²) in [7, 11) is 0. The van der Waals surface area contributed by atoms with E-state index in [1.165, 1.54) is 4.90 Å². The van der Waals surface area contributed by atoms with Crippen LogP contribution in [0.2, 0.25) is 0 Å². The van der Waals surface area contributed by atoms with Crippen molar-refractivity contribution in [2.75, 3.05) is 0 Å². The largest absolute Gasteiger partial charge is 0.279 e. The van der Waals surface area contributed by atoms with E-state index < -0.39 is 0 Å². The van der Waals surface area contributed by atoms with Crippen molar-refractivity contribution in [2.24, 2.45) is 0 Å². The summed E-state index contributed by atoms with van der Waals surface area (Å²) in [6.07, 6.45) is 3.81. The topological polar surface area (TPSA) is 37.4 Å². The molecule has 1 saturated heterocycles. The quantitative estimate of drug-likeness (QED) is 0.588. The van der Waals surface area contributed by atoms with Crippen LogP contribution in [0.5, 0.6) is 0 Å². The number of benzene rings is 1. The van der Waals surface area contributed by atoms with E-state index in [-0.39, 0.29) is 17.9 Å². The predicted molar refractivity (Wildman–Crippen MR) is 69.8 cm³/mol. The lowest BCUT2D eigenvalue weighted by Crippen LogP contribution is -2.40. The van der Waals surface area contributed by atoms with E-state index in [0.717, 1.165) is 5.56 Å². The van der Waals surface area contributed by atoms with Crippen molar-refractivity contribution >= 4 is 11.8 Å². The Morgan fingerprint density at radius 2 is 1.78 bits per heavy atom. The Labute approximate surface area is 107 Å². The second-order valence-corrected chi connectivity index (χ2v) is 4.53. The third kappa shape index (κ3) is 2.67. The summed E-state index contributed by atoms with van der Waals surface area (Å²) >= 11 is 0. The van der Waals surface area contributed by atoms with Gasteiger partial charge in [-0.2, -0.15) is 0 Å². The predicted octanol–water partition coefficient (Wildman–Crippen LogP) is 2.32. The van der Waals surface area contributed by atoms with Gasteiger partial charge in [-0.3, -0.25) is 14.5 Å². The molecule has 3 heteroatoms. The number of hydrogen-bond acceptors (Lipinski definition) is 2. The molecule has 1 aromatic carbocycles. The first-order chi connectivity index (χ1) is 8.72. The molecule has 0 saturated carbocycles. The molecule has 1 aromatic rings. The van der Waals surface area contributed by atoms with Crippen molar-refractivity contribution in [3.63, 3.8) is 0 Å². The number of carbonyl (C=O) groups excluding carboxylic acids is 2. The number of amides is 2. The molecule has 1 atom stereocenters. The van der Waals surface area contributed by atoms with Crippen LogP contribution < -0.4 is 0 Å². The van der Waals surface area contributed by atoms with E-state index in [1.807, 2.05) is 30.3 Å². The third-order valence-corrected chi connectivity index (χ3v) is 3.21. The number of likely N-dealkylation sites (tertiary alicyclic amines) is 1. The van der Waals surface area contributed by atoms with Crippen LogP contribution in [0.15, 0.2) is 43.0 Å². The lowest BCUT2D eigenvalue weighted by molar-refractivity contribution is -0.140. The third-order valence-electron chi connectivity index (χ3n) is 3.21. The van der Waals surface area contributed by atoms with E-state index in [2.05, 4.69) is 6.58 Å². The Hall–Kier alpha value is -1.90. The molecular weight excluding hydrogens is 226 g/mol. The lowest BCUT2D eigenvalue weighted by atomic mass is 10.0. The van der Waals surface area contributed by atoms with Gasteiger partial charge in [-0.05, 0) is 18.4 Å². The summed E-state index contributed by atoms with van der Waals surface area (Å²) in [5.74, 6) is -0.106. The van der Waals surface area contributed by atoms with E-state index in [1.54, 1.807) is 6.08 Å². The highest BCUT2D eigenvalue weighted by Gasteiger charge is 2.34. The average molecular weight is 243 g/mol. The van der Waals surface area contributed by atoms with Gasteiger partial charge in [0.2, 0.25) is 11.8 Å². The van der Waals surface area contributed by atoms with Gasteiger partial charge in [0.05, 0.1) is 0 Å². The average Bonchev–Trinajstić information content (AvgIpc) is 2.70. The maximum atomic E-state index is 11.8. The minimum absolute atomic E-state index is 0.0530. The van der Waals surface area contributed by atoms with Crippen LogP contribution in [0.4, 0.5) is 0 Å². The molecule has 0 aliphatic carbocycles. The van der Waals surface area contributed by atoms with Crippen LogP contribution in [0, 0.1) is 0 Å². The van der Waals surface area contributed by atoms with Gasteiger partial charge < -0.3 is 0 Å². The van der Waals surface area contributed by atoms with Crippen LogP contribution in [-0.2, 0) is 16.0 Å². The maximum Gasteiger partial charge on any atom is 0.229 e. The minimum atomic E-state index is -0.0904. The van der Waals surface area contributed by atoms with Crippen LogP contribution in [0.25, 0.3) is 0 Å². The molecule has 1 aliphatic heterocycles. The molecule has 0 aromatic heterocycles. The number of nitrogens with zero attached hydrogens (tertiary/aromatic N) is 1. The zero-order valence-electron chi connectivity index (χ0n) is 10.3. The lowest BCUT2D eigenvalue weighted by Gasteiger charge is -2.25. The molecule has 0 N–H and O–H groups in total. The Kier molecular flexibility index (Phi) is 3.92. The maximum absolute atomic E-state index is 11.8. The summed E-state index contributed by atoms with van der Waals surface area (Å²) in [6, 6.07) is 9.83. The molecule has 18 heavy (non-hydrogen) atoms. The number of carbonyl (C=O) groups is 2. The van der Waals surface area contributed by atoms with Crippen molar-refractivity contribution in [1.29, 1.82) is 0 Å². The van der Waals surface area contributed by atoms with Gasteiger partial charge >= 0.3 is 0 Å². The molecular formula is C15H17NO2. The molecule has 3 nitrogen and oxygen atoms in total. The molecule has 94 valence electrons. The standard InChI is InChI=1S/C15H17NO2/c1-2-6-13(11-12-7-4-3-5-8-12)16-14(17)9-10-15(16)18/h2-5,7-8,13H,1,6,9-11H2/t13-/m0/s1. The van der Waals surface area contributed by atoms with E-state index in [4.69, 9.17) is 0 Å². The SMILES string of the molecule is C=CC[C@@H](Cc1ccccc1)N1C(=O)CCC1=O. The fourth-order valence-corrected chi connectivity index (χ4v) is 2.36. The molecule has 0 unspecified atom stereocenters.